The Morgan fingerprint density at radius 3 is 2.52 bits per heavy atom. The number of aryl methyl sites for hydroxylation is 4. The first kappa shape index (κ1) is 19.4. The maximum atomic E-state index is 12.2. The summed E-state index contributed by atoms with van der Waals surface area (Å²) in [6.07, 6.45) is 0. The standard InChI is InChI=1S/C21H21ClN2O2S/c1-12-5-6-16(22)18(9-12)26-10-19(25)24-21-23-17(11-27-21)20-14(3)7-13(2)8-15(20)4/h5-9,11H,10H2,1-4H3,(H,23,24,25). The molecule has 27 heavy (non-hydrogen) atoms. The number of halogens is 1. The van der Waals surface area contributed by atoms with Gasteiger partial charge in [-0.1, -0.05) is 35.4 Å². The molecule has 0 aliphatic rings. The van der Waals surface area contributed by atoms with Gasteiger partial charge in [0.15, 0.2) is 11.7 Å². The van der Waals surface area contributed by atoms with E-state index in [-0.39, 0.29) is 12.5 Å². The molecular weight excluding hydrogens is 380 g/mol. The van der Waals surface area contributed by atoms with Gasteiger partial charge in [0, 0.05) is 10.9 Å². The summed E-state index contributed by atoms with van der Waals surface area (Å²) in [7, 11) is 0. The third kappa shape index (κ3) is 4.67. The lowest BCUT2D eigenvalue weighted by atomic mass is 9.98. The lowest BCUT2D eigenvalue weighted by Gasteiger charge is -2.09. The molecule has 140 valence electrons. The molecule has 0 atom stereocenters. The number of thiazole rings is 1. The summed E-state index contributed by atoms with van der Waals surface area (Å²) >= 11 is 7.48. The van der Waals surface area contributed by atoms with Crippen LogP contribution >= 0.6 is 22.9 Å². The number of carbonyl (C=O) groups excluding carboxylic acids is 1. The van der Waals surface area contributed by atoms with E-state index in [0.29, 0.717) is 15.9 Å². The molecule has 1 amide bonds. The molecule has 0 saturated carbocycles. The lowest BCUT2D eigenvalue weighted by Crippen LogP contribution is -2.20. The average Bonchev–Trinajstić information content (AvgIpc) is 3.02. The molecule has 1 N–H and O–H groups in total. The number of amides is 1. The number of hydrogen-bond acceptors (Lipinski definition) is 4. The van der Waals surface area contributed by atoms with Crippen LogP contribution in [0.1, 0.15) is 22.3 Å². The average molecular weight is 401 g/mol. The monoisotopic (exact) mass is 400 g/mol. The lowest BCUT2D eigenvalue weighted by molar-refractivity contribution is -0.118. The molecule has 2 aromatic carbocycles. The second-order valence-electron chi connectivity index (χ2n) is 6.58. The smallest absolute Gasteiger partial charge is 0.264 e. The Morgan fingerprint density at radius 2 is 1.81 bits per heavy atom. The zero-order valence-corrected chi connectivity index (χ0v) is 17.3. The van der Waals surface area contributed by atoms with E-state index in [1.807, 2.05) is 18.4 Å². The second-order valence-corrected chi connectivity index (χ2v) is 7.85. The fourth-order valence-electron chi connectivity index (χ4n) is 3.05. The van der Waals surface area contributed by atoms with Crippen molar-refractivity contribution in [3.8, 4) is 17.0 Å². The Bertz CT molecular complexity index is 975. The van der Waals surface area contributed by atoms with Crippen LogP contribution in [0.15, 0.2) is 35.7 Å². The van der Waals surface area contributed by atoms with Crippen molar-refractivity contribution < 1.29 is 9.53 Å². The van der Waals surface area contributed by atoms with Crippen LogP contribution in [0.5, 0.6) is 5.75 Å². The maximum Gasteiger partial charge on any atom is 0.264 e. The summed E-state index contributed by atoms with van der Waals surface area (Å²) in [6.45, 7) is 8.05. The first-order chi connectivity index (χ1) is 12.8. The van der Waals surface area contributed by atoms with Gasteiger partial charge < -0.3 is 4.74 Å². The number of rotatable bonds is 5. The van der Waals surface area contributed by atoms with E-state index in [0.717, 1.165) is 16.8 Å². The maximum absolute atomic E-state index is 12.2. The van der Waals surface area contributed by atoms with E-state index in [1.54, 1.807) is 12.1 Å². The highest BCUT2D eigenvalue weighted by atomic mass is 35.5. The third-order valence-electron chi connectivity index (χ3n) is 4.13. The Hall–Kier alpha value is -2.37. The van der Waals surface area contributed by atoms with Crippen LogP contribution in [-0.2, 0) is 4.79 Å². The molecule has 1 aromatic heterocycles. The summed E-state index contributed by atoms with van der Waals surface area (Å²) < 4.78 is 5.53. The van der Waals surface area contributed by atoms with Crippen molar-refractivity contribution in [2.24, 2.45) is 0 Å². The van der Waals surface area contributed by atoms with Gasteiger partial charge in [0.2, 0.25) is 0 Å². The minimum Gasteiger partial charge on any atom is -0.482 e. The normalized spacial score (nSPS) is 10.7. The fraction of sp³-hybridized carbons (Fsp3) is 0.238. The molecule has 6 heteroatoms. The molecule has 1 heterocycles. The van der Waals surface area contributed by atoms with E-state index in [9.17, 15) is 4.79 Å². The van der Waals surface area contributed by atoms with Crippen molar-refractivity contribution >= 4 is 34.0 Å². The quantitative estimate of drug-likeness (QED) is 0.596. The van der Waals surface area contributed by atoms with Gasteiger partial charge in [-0.2, -0.15) is 0 Å². The van der Waals surface area contributed by atoms with Crippen molar-refractivity contribution in [3.63, 3.8) is 0 Å². The highest BCUT2D eigenvalue weighted by molar-refractivity contribution is 7.14. The highest BCUT2D eigenvalue weighted by Crippen LogP contribution is 2.31. The van der Waals surface area contributed by atoms with Crippen LogP contribution in [0.25, 0.3) is 11.3 Å². The van der Waals surface area contributed by atoms with Crippen molar-refractivity contribution in [1.82, 2.24) is 4.98 Å². The van der Waals surface area contributed by atoms with Crippen LogP contribution in [0.3, 0.4) is 0 Å². The fourth-order valence-corrected chi connectivity index (χ4v) is 3.94. The summed E-state index contributed by atoms with van der Waals surface area (Å²) in [5.74, 6) is 0.225. The summed E-state index contributed by atoms with van der Waals surface area (Å²) in [5, 5.41) is 5.78. The van der Waals surface area contributed by atoms with Gasteiger partial charge in [0.25, 0.3) is 5.91 Å². The van der Waals surface area contributed by atoms with Crippen LogP contribution in [0.2, 0.25) is 5.02 Å². The van der Waals surface area contributed by atoms with Gasteiger partial charge in [-0.25, -0.2) is 4.98 Å². The van der Waals surface area contributed by atoms with E-state index in [1.165, 1.54) is 28.0 Å². The van der Waals surface area contributed by atoms with Gasteiger partial charge in [-0.05, 0) is 56.5 Å². The van der Waals surface area contributed by atoms with Crippen molar-refractivity contribution in [2.45, 2.75) is 27.7 Å². The molecule has 0 fully saturated rings. The van der Waals surface area contributed by atoms with Crippen LogP contribution < -0.4 is 10.1 Å². The summed E-state index contributed by atoms with van der Waals surface area (Å²) in [5.41, 5.74) is 6.57. The molecule has 3 aromatic rings. The molecule has 3 rings (SSSR count). The third-order valence-corrected chi connectivity index (χ3v) is 5.20. The van der Waals surface area contributed by atoms with Crippen molar-refractivity contribution in [1.29, 1.82) is 0 Å². The molecule has 0 aliphatic heterocycles. The molecule has 4 nitrogen and oxygen atoms in total. The molecule has 0 radical (unpaired) electrons. The van der Waals surface area contributed by atoms with Gasteiger partial charge >= 0.3 is 0 Å². The zero-order valence-electron chi connectivity index (χ0n) is 15.7. The van der Waals surface area contributed by atoms with Gasteiger partial charge in [-0.15, -0.1) is 11.3 Å². The Morgan fingerprint density at radius 1 is 1.11 bits per heavy atom. The molecule has 0 aliphatic carbocycles. The number of aromatic nitrogens is 1. The SMILES string of the molecule is Cc1cc(C)c(-c2csc(NC(=O)COc3cc(C)ccc3Cl)n2)c(C)c1. The molecule has 0 saturated heterocycles. The van der Waals surface area contributed by atoms with E-state index in [2.05, 4.69) is 43.2 Å². The molecular formula is C21H21ClN2O2S. The number of nitrogens with one attached hydrogen (secondary N) is 1. The number of ether oxygens (including phenoxy) is 1. The predicted octanol–water partition coefficient (Wildman–Crippen LogP) is 5.71. The Labute approximate surface area is 168 Å². The first-order valence-electron chi connectivity index (χ1n) is 8.56. The highest BCUT2D eigenvalue weighted by Gasteiger charge is 2.13. The van der Waals surface area contributed by atoms with Gasteiger partial charge in [-0.3, -0.25) is 10.1 Å². The molecule has 0 bridgehead atoms. The minimum absolute atomic E-state index is 0.124. The topological polar surface area (TPSA) is 51.2 Å². The van der Waals surface area contributed by atoms with Crippen molar-refractivity contribution in [2.75, 3.05) is 11.9 Å². The van der Waals surface area contributed by atoms with E-state index >= 15 is 0 Å². The van der Waals surface area contributed by atoms with Gasteiger partial charge in [0.05, 0.1) is 10.7 Å². The van der Waals surface area contributed by atoms with Crippen molar-refractivity contribution in [3.05, 3.63) is 63.0 Å². The predicted molar refractivity (Wildman–Crippen MR) is 112 cm³/mol. The molecule has 0 unspecified atom stereocenters. The molecule has 0 spiro atoms. The van der Waals surface area contributed by atoms with E-state index in [4.69, 9.17) is 16.3 Å². The van der Waals surface area contributed by atoms with Crippen LogP contribution in [-0.4, -0.2) is 17.5 Å². The first-order valence-corrected chi connectivity index (χ1v) is 9.82. The number of carbonyl (C=O) groups is 1. The number of nitrogens with zero attached hydrogens (tertiary/aromatic N) is 1. The number of anilines is 1. The summed E-state index contributed by atoms with van der Waals surface area (Å²) in [4.78, 5) is 16.8. The van der Waals surface area contributed by atoms with Crippen LogP contribution in [0, 0.1) is 27.7 Å². The van der Waals surface area contributed by atoms with Crippen LogP contribution in [0.4, 0.5) is 5.13 Å². The minimum atomic E-state index is -0.272. The largest absolute Gasteiger partial charge is 0.482 e. The Kier molecular flexibility index (Phi) is 5.82. The Balaban J connectivity index is 1.67. The summed E-state index contributed by atoms with van der Waals surface area (Å²) in [6, 6.07) is 9.73. The number of hydrogen-bond donors (Lipinski definition) is 1. The van der Waals surface area contributed by atoms with Gasteiger partial charge in [0.1, 0.15) is 5.75 Å². The number of benzene rings is 2. The second kappa shape index (κ2) is 8.11. The zero-order chi connectivity index (χ0) is 19.6. The van der Waals surface area contributed by atoms with E-state index < -0.39 is 0 Å².